The Labute approximate surface area is 333 Å². The van der Waals surface area contributed by atoms with Crippen LogP contribution in [0.1, 0.15) is 54.2 Å². The first-order valence-electron chi connectivity index (χ1n) is 18.9. The van der Waals surface area contributed by atoms with Crippen LogP contribution in [0.4, 0.5) is 0 Å². The minimum atomic E-state index is -1.42. The van der Waals surface area contributed by atoms with Gasteiger partial charge in [-0.05, 0) is 37.5 Å². The van der Waals surface area contributed by atoms with E-state index in [1.54, 1.807) is 0 Å². The fraction of sp³-hybridized carbons (Fsp3) is 0.512. The fourth-order valence-corrected chi connectivity index (χ4v) is 6.73. The molecule has 0 aromatic heterocycles. The maximum absolute atomic E-state index is 12.4. The van der Waals surface area contributed by atoms with Gasteiger partial charge in [0.2, 0.25) is 0 Å². The maximum atomic E-state index is 12.4. The summed E-state index contributed by atoms with van der Waals surface area (Å²) < 4.78 is 61.3. The molecule has 10 atom stereocenters. The lowest BCUT2D eigenvalue weighted by molar-refractivity contribution is -0.342. The summed E-state index contributed by atoms with van der Waals surface area (Å²) in [5, 5.41) is 10.3. The molecule has 57 heavy (non-hydrogen) atoms. The van der Waals surface area contributed by atoms with Gasteiger partial charge in [0, 0.05) is 27.9 Å². The van der Waals surface area contributed by atoms with E-state index >= 15 is 0 Å². The van der Waals surface area contributed by atoms with Crippen molar-refractivity contribution >= 4 is 17.9 Å². The molecule has 0 bridgehead atoms. The lowest BCUT2D eigenvalue weighted by Gasteiger charge is -2.47. The van der Waals surface area contributed by atoms with Crippen molar-refractivity contribution in [2.45, 2.75) is 123 Å². The monoisotopic (exact) mass is 794 g/mol. The third kappa shape index (κ3) is 12.4. The molecule has 3 aromatic rings. The molecule has 0 amide bonds. The number of benzene rings is 3. The number of carbonyl (C=O) groups excluding carboxylic acids is 3. The molecule has 1 N–H and O–H groups in total. The summed E-state index contributed by atoms with van der Waals surface area (Å²) in [5.74, 6) is -2.23. The molecule has 3 aromatic carbocycles. The molecule has 2 aliphatic heterocycles. The van der Waals surface area contributed by atoms with Crippen molar-refractivity contribution in [3.05, 3.63) is 106 Å². The van der Waals surface area contributed by atoms with Crippen LogP contribution in [0.15, 0.2) is 72.8 Å². The van der Waals surface area contributed by atoms with Crippen molar-refractivity contribution in [3.8, 4) is 0 Å². The number of methoxy groups -OCH3 is 1. The predicted molar refractivity (Wildman–Crippen MR) is 203 cm³/mol. The molecular weight excluding hydrogens is 740 g/mol. The summed E-state index contributed by atoms with van der Waals surface area (Å²) in [6.07, 6.45) is -11.0. The molecule has 0 aliphatic carbocycles. The fourth-order valence-electron chi connectivity index (χ4n) is 6.73. The van der Waals surface area contributed by atoms with Crippen LogP contribution in [-0.4, -0.2) is 105 Å². The predicted octanol–water partition coefficient (Wildman–Crippen LogP) is 4.57. The zero-order chi connectivity index (χ0) is 41.1. The Kier molecular flexibility index (Phi) is 16.1. The second-order valence-corrected chi connectivity index (χ2v) is 14.3. The van der Waals surface area contributed by atoms with Crippen LogP contribution < -0.4 is 0 Å². The van der Waals surface area contributed by atoms with Crippen molar-refractivity contribution < 1.29 is 66.9 Å². The molecule has 2 fully saturated rings. The van der Waals surface area contributed by atoms with Crippen LogP contribution in [0.25, 0.3) is 0 Å². The first-order valence-corrected chi connectivity index (χ1v) is 18.9. The van der Waals surface area contributed by atoms with E-state index in [1.165, 1.54) is 7.11 Å². The SMILES string of the molecule is CO[C@H]1O[C@H](CO[C@@H]2O[C@H](CO)[C@@H](OC(C)=O)[C@H](OC(C)=O)[C@H]2OC(C)=O)[C@@H](OCc2ccc(C)cc2)[C@H](OCc2ccc(C)cc2)[C@H]1OCc1ccc(C)cc1. The van der Waals surface area contributed by atoms with Crippen LogP contribution >= 0.6 is 0 Å². The lowest BCUT2D eigenvalue weighted by Crippen LogP contribution is -2.64. The lowest BCUT2D eigenvalue weighted by atomic mass is 9.97. The Morgan fingerprint density at radius 3 is 1.35 bits per heavy atom. The van der Waals surface area contributed by atoms with Crippen LogP contribution in [0.2, 0.25) is 0 Å². The van der Waals surface area contributed by atoms with E-state index in [-0.39, 0.29) is 26.4 Å². The number of aryl methyl sites for hydroxylation is 3. The normalized spacial score (nSPS) is 27.4. The van der Waals surface area contributed by atoms with Gasteiger partial charge in [-0.15, -0.1) is 0 Å². The van der Waals surface area contributed by atoms with Gasteiger partial charge >= 0.3 is 17.9 Å². The standard InChI is InChI=1S/C43H54O14/c1-25-8-14-31(15-9-25)21-49-36-35(24-52-43-41(55-30(6)47)39(54-29(5)46)37(53-28(4)45)34(20-44)56-43)57-42(48-7)40(51-23-33-18-12-27(3)13-19-33)38(36)50-22-32-16-10-26(2)11-17-32/h8-19,34-44H,20-24H2,1-7H3/t34-,35-,36-,37-,38+,39+,40-,41-,42+,43-/m1/s1. The molecule has 0 spiro atoms. The smallest absolute Gasteiger partial charge is 0.303 e. The molecular formula is C43H54O14. The zero-order valence-corrected chi connectivity index (χ0v) is 33.5. The average molecular weight is 795 g/mol. The summed E-state index contributed by atoms with van der Waals surface area (Å²) in [5.41, 5.74) is 6.09. The van der Waals surface area contributed by atoms with Crippen LogP contribution in [0.5, 0.6) is 0 Å². The van der Waals surface area contributed by atoms with Gasteiger partial charge < -0.3 is 52.5 Å². The molecule has 0 unspecified atom stereocenters. The molecule has 2 heterocycles. The van der Waals surface area contributed by atoms with Gasteiger partial charge in [0.05, 0.1) is 33.0 Å². The highest BCUT2D eigenvalue weighted by Gasteiger charge is 2.54. The largest absolute Gasteiger partial charge is 0.456 e. The Balaban J connectivity index is 1.48. The zero-order valence-electron chi connectivity index (χ0n) is 33.5. The van der Waals surface area contributed by atoms with Crippen LogP contribution in [0.3, 0.4) is 0 Å². The van der Waals surface area contributed by atoms with E-state index in [2.05, 4.69) is 0 Å². The maximum Gasteiger partial charge on any atom is 0.303 e. The van der Waals surface area contributed by atoms with Gasteiger partial charge in [0.25, 0.3) is 0 Å². The molecule has 14 nitrogen and oxygen atoms in total. The molecule has 14 heteroatoms. The highest BCUT2D eigenvalue weighted by Crippen LogP contribution is 2.34. The quantitative estimate of drug-likeness (QED) is 0.149. The van der Waals surface area contributed by atoms with Crippen LogP contribution in [-0.2, 0) is 81.6 Å². The van der Waals surface area contributed by atoms with E-state index in [0.717, 1.165) is 54.2 Å². The number of esters is 3. The molecule has 310 valence electrons. The first-order chi connectivity index (χ1) is 27.3. The number of aliphatic hydroxyl groups excluding tert-OH is 1. The highest BCUT2D eigenvalue weighted by atomic mass is 16.8. The summed E-state index contributed by atoms with van der Waals surface area (Å²) >= 11 is 0. The minimum absolute atomic E-state index is 0.179. The first kappa shape index (κ1) is 43.9. The van der Waals surface area contributed by atoms with E-state index in [4.69, 9.17) is 47.4 Å². The van der Waals surface area contributed by atoms with E-state index in [1.807, 2.05) is 93.6 Å². The van der Waals surface area contributed by atoms with Crippen molar-refractivity contribution in [3.63, 3.8) is 0 Å². The van der Waals surface area contributed by atoms with Crippen LogP contribution in [0, 0.1) is 20.8 Å². The number of hydrogen-bond donors (Lipinski definition) is 1. The summed E-state index contributed by atoms with van der Waals surface area (Å²) in [7, 11) is 1.50. The second kappa shape index (κ2) is 21.0. The van der Waals surface area contributed by atoms with E-state index < -0.39 is 85.9 Å². The molecule has 0 radical (unpaired) electrons. The molecule has 5 rings (SSSR count). The summed E-state index contributed by atoms with van der Waals surface area (Å²) in [6, 6.07) is 23.9. The topological polar surface area (TPSA) is 164 Å². The molecule has 2 saturated heterocycles. The third-order valence-electron chi connectivity index (χ3n) is 9.61. The van der Waals surface area contributed by atoms with Gasteiger partial charge in [-0.2, -0.15) is 0 Å². The van der Waals surface area contributed by atoms with Gasteiger partial charge in [-0.1, -0.05) is 89.5 Å². The molecule has 0 saturated carbocycles. The van der Waals surface area contributed by atoms with Crippen molar-refractivity contribution in [1.29, 1.82) is 0 Å². The highest BCUT2D eigenvalue weighted by molar-refractivity contribution is 5.68. The van der Waals surface area contributed by atoms with Gasteiger partial charge in [-0.3, -0.25) is 14.4 Å². The Hall–Kier alpha value is -4.25. The number of rotatable bonds is 17. The third-order valence-corrected chi connectivity index (χ3v) is 9.61. The Bertz CT molecular complexity index is 1730. The molecule has 2 aliphatic rings. The Morgan fingerprint density at radius 1 is 0.509 bits per heavy atom. The number of hydrogen-bond acceptors (Lipinski definition) is 14. The number of ether oxygens (including phenoxy) is 10. The van der Waals surface area contributed by atoms with E-state index in [9.17, 15) is 19.5 Å². The number of aliphatic hydroxyl groups is 1. The van der Waals surface area contributed by atoms with Crippen molar-refractivity contribution in [1.82, 2.24) is 0 Å². The van der Waals surface area contributed by atoms with Gasteiger partial charge in [-0.25, -0.2) is 0 Å². The van der Waals surface area contributed by atoms with Gasteiger partial charge in [0.1, 0.15) is 30.5 Å². The average Bonchev–Trinajstić information content (AvgIpc) is 3.17. The van der Waals surface area contributed by atoms with E-state index in [0.29, 0.717) is 0 Å². The minimum Gasteiger partial charge on any atom is -0.456 e. The van der Waals surface area contributed by atoms with Crippen molar-refractivity contribution in [2.75, 3.05) is 20.3 Å². The summed E-state index contributed by atoms with van der Waals surface area (Å²) in [4.78, 5) is 36.8. The summed E-state index contributed by atoms with van der Waals surface area (Å²) in [6.45, 7) is 9.22. The second-order valence-electron chi connectivity index (χ2n) is 14.3. The number of carbonyl (C=O) groups is 3. The van der Waals surface area contributed by atoms with Gasteiger partial charge in [0.15, 0.2) is 30.9 Å². The Morgan fingerprint density at radius 2 is 0.912 bits per heavy atom. The van der Waals surface area contributed by atoms with Crippen molar-refractivity contribution in [2.24, 2.45) is 0 Å².